The summed E-state index contributed by atoms with van der Waals surface area (Å²) in [6.07, 6.45) is 11.7. The average Bonchev–Trinajstić information content (AvgIpc) is 3.20. The van der Waals surface area contributed by atoms with E-state index in [4.69, 9.17) is 9.15 Å². The van der Waals surface area contributed by atoms with Gasteiger partial charge in [-0.1, -0.05) is 34.9 Å². The minimum atomic E-state index is 0.119. The maximum atomic E-state index is 10.3. The molecule has 1 heterocycles. The first-order valence-corrected chi connectivity index (χ1v) is 11.8. The molecule has 0 bridgehead atoms. The number of phenols is 2. The Kier molecular flexibility index (Phi) is 8.64. The van der Waals surface area contributed by atoms with Crippen molar-refractivity contribution in [3.05, 3.63) is 76.9 Å². The molecule has 3 aromatic rings. The highest BCUT2D eigenvalue weighted by molar-refractivity contribution is 5.85. The van der Waals surface area contributed by atoms with Crippen LogP contribution < -0.4 is 4.74 Å². The molecular formula is C30H36O4. The molecule has 3 rings (SSSR count). The maximum Gasteiger partial charge on any atom is 0.138 e. The first kappa shape index (κ1) is 25.2. The number of hydrogen-bond acceptors (Lipinski definition) is 4. The Morgan fingerprint density at radius 1 is 0.853 bits per heavy atom. The number of furan rings is 1. The van der Waals surface area contributed by atoms with Crippen LogP contribution in [0.15, 0.2) is 75.8 Å². The fraction of sp³-hybridized carbons (Fsp3) is 0.333. The van der Waals surface area contributed by atoms with Crippen LogP contribution in [0.5, 0.6) is 17.2 Å². The van der Waals surface area contributed by atoms with E-state index >= 15 is 0 Å². The quantitative estimate of drug-likeness (QED) is 0.298. The highest BCUT2D eigenvalue weighted by Crippen LogP contribution is 2.38. The van der Waals surface area contributed by atoms with Gasteiger partial charge >= 0.3 is 0 Å². The van der Waals surface area contributed by atoms with Gasteiger partial charge in [0.1, 0.15) is 28.6 Å². The summed E-state index contributed by atoms with van der Waals surface area (Å²) in [6.45, 7) is 8.64. The van der Waals surface area contributed by atoms with Gasteiger partial charge in [0.2, 0.25) is 0 Å². The zero-order chi connectivity index (χ0) is 24.7. The van der Waals surface area contributed by atoms with Crippen LogP contribution >= 0.6 is 0 Å². The lowest BCUT2D eigenvalue weighted by Gasteiger charge is -2.13. The fourth-order valence-electron chi connectivity index (χ4n) is 4.01. The third-order valence-corrected chi connectivity index (χ3v) is 5.96. The standard InChI is InChI=1S/C30H36O4/c1-20(2)8-6-9-21(3)10-7-11-22(4)12-15-26-27(17-25(32)19-29(26)33-5)30-16-23-13-14-24(31)18-28(23)34-30/h8,10,12-14,16-19,31-32H,6-7,9,11,15H2,1-5H3/b21-10-,22-12-. The van der Waals surface area contributed by atoms with E-state index in [-0.39, 0.29) is 11.5 Å². The van der Waals surface area contributed by atoms with E-state index in [9.17, 15) is 10.2 Å². The second-order valence-electron chi connectivity index (χ2n) is 9.17. The zero-order valence-corrected chi connectivity index (χ0v) is 20.9. The van der Waals surface area contributed by atoms with Crippen molar-refractivity contribution in [1.29, 1.82) is 0 Å². The summed E-state index contributed by atoms with van der Waals surface area (Å²) in [5.41, 5.74) is 6.45. The van der Waals surface area contributed by atoms with E-state index in [1.807, 2.05) is 12.1 Å². The SMILES string of the molecule is COc1cc(O)cc(-c2cc3ccc(O)cc3o2)c1C/C=C(/C)CC/C=C(/C)CCC=C(C)C. The number of phenolic OH excluding ortho intramolecular Hbond substituents is 2. The van der Waals surface area contributed by atoms with Crippen LogP contribution in [0, 0.1) is 0 Å². The molecule has 0 aliphatic rings. The summed E-state index contributed by atoms with van der Waals surface area (Å²) in [7, 11) is 1.61. The number of aromatic hydroxyl groups is 2. The molecule has 0 fully saturated rings. The molecule has 4 nitrogen and oxygen atoms in total. The van der Waals surface area contributed by atoms with Crippen LogP contribution in [0.2, 0.25) is 0 Å². The number of fused-ring (bicyclic) bond motifs is 1. The third kappa shape index (κ3) is 6.80. The molecule has 0 aliphatic heterocycles. The molecule has 0 saturated carbocycles. The molecule has 0 radical (unpaired) electrons. The minimum absolute atomic E-state index is 0.119. The Labute approximate surface area is 202 Å². The third-order valence-electron chi connectivity index (χ3n) is 5.96. The van der Waals surface area contributed by atoms with Crippen LogP contribution in [0.3, 0.4) is 0 Å². The van der Waals surface area contributed by atoms with E-state index in [0.717, 1.165) is 42.2 Å². The largest absolute Gasteiger partial charge is 0.508 e. The lowest BCUT2D eigenvalue weighted by Crippen LogP contribution is -1.95. The van der Waals surface area contributed by atoms with Crippen LogP contribution in [0.1, 0.15) is 58.9 Å². The van der Waals surface area contributed by atoms with Gasteiger partial charge in [-0.05, 0) is 84.1 Å². The van der Waals surface area contributed by atoms with Crippen LogP contribution in [-0.2, 0) is 6.42 Å². The van der Waals surface area contributed by atoms with Gasteiger partial charge in [-0.15, -0.1) is 0 Å². The van der Waals surface area contributed by atoms with Gasteiger partial charge in [-0.3, -0.25) is 0 Å². The lowest BCUT2D eigenvalue weighted by molar-refractivity contribution is 0.403. The summed E-state index contributed by atoms with van der Waals surface area (Å²) in [5.74, 6) is 1.53. The molecule has 180 valence electrons. The predicted molar refractivity (Wildman–Crippen MR) is 141 cm³/mol. The molecule has 0 unspecified atom stereocenters. The summed E-state index contributed by atoms with van der Waals surface area (Å²) >= 11 is 0. The molecule has 2 aromatic carbocycles. The normalized spacial score (nSPS) is 12.3. The maximum absolute atomic E-state index is 10.3. The van der Waals surface area contributed by atoms with E-state index in [2.05, 4.69) is 45.9 Å². The highest BCUT2D eigenvalue weighted by atomic mass is 16.5. The van der Waals surface area contributed by atoms with Crippen molar-refractivity contribution in [2.24, 2.45) is 0 Å². The summed E-state index contributed by atoms with van der Waals surface area (Å²) in [4.78, 5) is 0. The Balaban J connectivity index is 1.78. The van der Waals surface area contributed by atoms with Gasteiger partial charge in [-0.25, -0.2) is 0 Å². The topological polar surface area (TPSA) is 62.8 Å². The molecule has 0 atom stereocenters. The van der Waals surface area contributed by atoms with Crippen molar-refractivity contribution in [3.63, 3.8) is 0 Å². The van der Waals surface area contributed by atoms with Crippen LogP contribution in [-0.4, -0.2) is 17.3 Å². The Hall–Kier alpha value is -3.40. The molecule has 34 heavy (non-hydrogen) atoms. The molecule has 4 heteroatoms. The Morgan fingerprint density at radius 2 is 1.56 bits per heavy atom. The Bertz CT molecular complexity index is 1220. The van der Waals surface area contributed by atoms with Crippen molar-refractivity contribution in [1.82, 2.24) is 0 Å². The van der Waals surface area contributed by atoms with Crippen molar-refractivity contribution < 1.29 is 19.4 Å². The number of ether oxygens (including phenoxy) is 1. The van der Waals surface area contributed by atoms with Crippen LogP contribution in [0.4, 0.5) is 0 Å². The van der Waals surface area contributed by atoms with Gasteiger partial charge in [0.05, 0.1) is 7.11 Å². The first-order valence-electron chi connectivity index (χ1n) is 11.8. The monoisotopic (exact) mass is 460 g/mol. The van der Waals surface area contributed by atoms with E-state index in [1.54, 1.807) is 31.4 Å². The summed E-state index contributed by atoms with van der Waals surface area (Å²) in [5, 5.41) is 20.9. The smallest absolute Gasteiger partial charge is 0.138 e. The molecule has 2 N–H and O–H groups in total. The van der Waals surface area contributed by atoms with Crippen molar-refractivity contribution >= 4 is 11.0 Å². The predicted octanol–water partition coefficient (Wildman–Crippen LogP) is 8.48. The van der Waals surface area contributed by atoms with Gasteiger partial charge in [-0.2, -0.15) is 0 Å². The van der Waals surface area contributed by atoms with Gasteiger partial charge in [0.25, 0.3) is 0 Å². The minimum Gasteiger partial charge on any atom is -0.508 e. The van der Waals surface area contributed by atoms with Crippen molar-refractivity contribution in [2.45, 2.75) is 59.8 Å². The Morgan fingerprint density at radius 3 is 2.26 bits per heavy atom. The average molecular weight is 461 g/mol. The molecule has 0 spiro atoms. The number of methoxy groups -OCH3 is 1. The van der Waals surface area contributed by atoms with Gasteiger partial charge in [0.15, 0.2) is 0 Å². The molecule has 1 aromatic heterocycles. The van der Waals surface area contributed by atoms with Crippen LogP contribution in [0.25, 0.3) is 22.3 Å². The summed E-state index contributed by atoms with van der Waals surface area (Å²) in [6, 6.07) is 10.3. The van der Waals surface area contributed by atoms with Crippen molar-refractivity contribution in [3.8, 4) is 28.6 Å². The fourth-order valence-corrected chi connectivity index (χ4v) is 4.01. The zero-order valence-electron chi connectivity index (χ0n) is 20.9. The molecule has 0 saturated heterocycles. The number of allylic oxidation sites excluding steroid dienone is 6. The summed E-state index contributed by atoms with van der Waals surface area (Å²) < 4.78 is 11.6. The van der Waals surface area contributed by atoms with E-state index in [1.165, 1.54) is 16.7 Å². The van der Waals surface area contributed by atoms with E-state index in [0.29, 0.717) is 23.5 Å². The van der Waals surface area contributed by atoms with E-state index < -0.39 is 0 Å². The number of rotatable bonds is 10. The van der Waals surface area contributed by atoms with Gasteiger partial charge in [0, 0.05) is 28.6 Å². The van der Waals surface area contributed by atoms with Gasteiger partial charge < -0.3 is 19.4 Å². The number of hydrogen-bond donors (Lipinski definition) is 2. The first-order chi connectivity index (χ1) is 16.3. The molecule has 0 amide bonds. The molecular weight excluding hydrogens is 424 g/mol. The number of benzene rings is 2. The lowest BCUT2D eigenvalue weighted by atomic mass is 9.98. The second kappa shape index (κ2) is 11.6. The molecule has 0 aliphatic carbocycles. The highest BCUT2D eigenvalue weighted by Gasteiger charge is 2.16. The van der Waals surface area contributed by atoms with Crippen molar-refractivity contribution in [2.75, 3.05) is 7.11 Å². The second-order valence-corrected chi connectivity index (χ2v) is 9.17.